The molecule has 1 amide bonds. The third kappa shape index (κ3) is 2.73. The third-order valence-corrected chi connectivity index (χ3v) is 5.23. The first-order valence-corrected chi connectivity index (χ1v) is 8.17. The zero-order chi connectivity index (χ0) is 14.9. The molecule has 20 heavy (non-hydrogen) atoms. The molecule has 0 bridgehead atoms. The van der Waals surface area contributed by atoms with Crippen LogP contribution in [0.15, 0.2) is 9.95 Å². The van der Waals surface area contributed by atoms with Gasteiger partial charge >= 0.3 is 0 Å². The van der Waals surface area contributed by atoms with Crippen LogP contribution in [0.25, 0.3) is 10.2 Å². The van der Waals surface area contributed by atoms with E-state index in [1.54, 1.807) is 4.57 Å². The summed E-state index contributed by atoms with van der Waals surface area (Å²) in [6.45, 7) is 6.44. The second-order valence-corrected chi connectivity index (χ2v) is 6.74. The molecule has 2 N–H and O–H groups in total. The number of fused-ring (bicyclic) bond motifs is 1. The van der Waals surface area contributed by atoms with E-state index in [9.17, 15) is 9.59 Å². The molecule has 0 aromatic carbocycles. The zero-order valence-corrected chi connectivity index (χ0v) is 13.4. The fraction of sp³-hybridized carbons (Fsp3) is 0.462. The van der Waals surface area contributed by atoms with Gasteiger partial charge in [-0.05, 0) is 26.3 Å². The normalized spacial score (nSPS) is 11.2. The number of nitrogens with two attached hydrogens (primary N) is 1. The quantitative estimate of drug-likeness (QED) is 0.677. The number of thioether (sulfide) groups is 1. The van der Waals surface area contributed by atoms with Gasteiger partial charge in [-0.15, -0.1) is 11.3 Å². The van der Waals surface area contributed by atoms with E-state index in [1.165, 1.54) is 23.1 Å². The lowest BCUT2D eigenvalue weighted by Gasteiger charge is -2.09. The molecule has 2 heterocycles. The summed E-state index contributed by atoms with van der Waals surface area (Å²) < 4.78 is 1.66. The third-order valence-electron chi connectivity index (χ3n) is 3.15. The summed E-state index contributed by atoms with van der Waals surface area (Å²) in [5.74, 6) is 0.197. The Kier molecular flexibility index (Phi) is 4.49. The van der Waals surface area contributed by atoms with Gasteiger partial charge in [-0.3, -0.25) is 14.2 Å². The van der Waals surface area contributed by atoms with E-state index in [4.69, 9.17) is 5.73 Å². The lowest BCUT2D eigenvalue weighted by Crippen LogP contribution is -2.22. The van der Waals surface area contributed by atoms with Crippen LogP contribution in [0.3, 0.4) is 0 Å². The zero-order valence-electron chi connectivity index (χ0n) is 11.7. The van der Waals surface area contributed by atoms with E-state index in [1.807, 2.05) is 20.8 Å². The summed E-state index contributed by atoms with van der Waals surface area (Å²) in [7, 11) is 0. The van der Waals surface area contributed by atoms with Gasteiger partial charge in [0.1, 0.15) is 4.83 Å². The van der Waals surface area contributed by atoms with Crippen molar-refractivity contribution in [3.05, 3.63) is 20.8 Å². The smallest absolute Gasteiger partial charge is 0.263 e. The maximum Gasteiger partial charge on any atom is 0.263 e. The Labute approximate surface area is 125 Å². The first-order valence-electron chi connectivity index (χ1n) is 6.37. The Morgan fingerprint density at radius 1 is 1.45 bits per heavy atom. The SMILES string of the molecule is CCn1c(SCCC(N)=O)nc2sc(C)c(C)c2c1=O. The van der Waals surface area contributed by atoms with Crippen LogP contribution in [-0.2, 0) is 11.3 Å². The molecule has 0 saturated carbocycles. The Balaban J connectivity index is 2.49. The molecule has 0 radical (unpaired) electrons. The highest BCUT2D eigenvalue weighted by atomic mass is 32.2. The van der Waals surface area contributed by atoms with Crippen LogP contribution in [0.1, 0.15) is 23.8 Å². The van der Waals surface area contributed by atoms with Gasteiger partial charge in [-0.25, -0.2) is 4.98 Å². The van der Waals surface area contributed by atoms with Crippen LogP contribution in [0, 0.1) is 13.8 Å². The summed E-state index contributed by atoms with van der Waals surface area (Å²) in [5, 5.41) is 1.38. The van der Waals surface area contributed by atoms with Gasteiger partial charge in [-0.2, -0.15) is 0 Å². The van der Waals surface area contributed by atoms with Crippen molar-refractivity contribution in [2.75, 3.05) is 5.75 Å². The predicted octanol–water partition coefficient (Wildman–Crippen LogP) is 2.06. The van der Waals surface area contributed by atoms with E-state index in [0.29, 0.717) is 22.8 Å². The number of carbonyl (C=O) groups excluding carboxylic acids is 1. The highest BCUT2D eigenvalue weighted by Crippen LogP contribution is 2.28. The lowest BCUT2D eigenvalue weighted by molar-refractivity contribution is -0.117. The summed E-state index contributed by atoms with van der Waals surface area (Å²) in [5.41, 5.74) is 6.14. The lowest BCUT2D eigenvalue weighted by atomic mass is 10.2. The molecule has 0 unspecified atom stereocenters. The van der Waals surface area contributed by atoms with Crippen LogP contribution in [0.4, 0.5) is 0 Å². The molecule has 0 aliphatic carbocycles. The number of primary amides is 1. The molecule has 0 aliphatic rings. The Morgan fingerprint density at radius 3 is 2.75 bits per heavy atom. The monoisotopic (exact) mass is 311 g/mol. The predicted molar refractivity (Wildman–Crippen MR) is 83.6 cm³/mol. The molecule has 0 saturated heterocycles. The number of nitrogens with zero attached hydrogens (tertiary/aromatic N) is 2. The fourth-order valence-corrected chi connectivity index (χ4v) is 4.03. The van der Waals surface area contributed by atoms with Crippen molar-refractivity contribution >= 4 is 39.2 Å². The van der Waals surface area contributed by atoms with E-state index in [2.05, 4.69) is 4.98 Å². The summed E-state index contributed by atoms with van der Waals surface area (Å²) in [4.78, 5) is 29.8. The van der Waals surface area contributed by atoms with Gasteiger partial charge in [0.25, 0.3) is 5.56 Å². The molecule has 2 aromatic heterocycles. The molecule has 0 spiro atoms. The van der Waals surface area contributed by atoms with Gasteiger partial charge in [0.05, 0.1) is 5.39 Å². The molecule has 108 valence electrons. The van der Waals surface area contributed by atoms with Crippen LogP contribution in [0.5, 0.6) is 0 Å². The second-order valence-electron chi connectivity index (χ2n) is 4.47. The maximum atomic E-state index is 12.5. The number of amides is 1. The molecule has 7 heteroatoms. The topological polar surface area (TPSA) is 78.0 Å². The number of hydrogen-bond acceptors (Lipinski definition) is 5. The van der Waals surface area contributed by atoms with Gasteiger partial charge < -0.3 is 5.73 Å². The fourth-order valence-electron chi connectivity index (χ4n) is 1.94. The van der Waals surface area contributed by atoms with Gasteiger partial charge in [0.2, 0.25) is 5.91 Å². The molecule has 0 fully saturated rings. The van der Waals surface area contributed by atoms with Crippen molar-refractivity contribution in [3.8, 4) is 0 Å². The van der Waals surface area contributed by atoms with Crippen molar-refractivity contribution < 1.29 is 4.79 Å². The van der Waals surface area contributed by atoms with Crippen molar-refractivity contribution in [3.63, 3.8) is 0 Å². The van der Waals surface area contributed by atoms with Crippen molar-refractivity contribution in [1.82, 2.24) is 9.55 Å². The minimum Gasteiger partial charge on any atom is -0.370 e. The van der Waals surface area contributed by atoms with Crippen LogP contribution < -0.4 is 11.3 Å². The number of aryl methyl sites for hydroxylation is 2. The number of carbonyl (C=O) groups is 1. The number of aromatic nitrogens is 2. The van der Waals surface area contributed by atoms with E-state index in [-0.39, 0.29) is 17.9 Å². The minimum absolute atomic E-state index is 0.000856. The summed E-state index contributed by atoms with van der Waals surface area (Å²) in [6, 6.07) is 0. The molecular weight excluding hydrogens is 294 g/mol. The van der Waals surface area contributed by atoms with Crippen LogP contribution in [-0.4, -0.2) is 21.2 Å². The highest BCUT2D eigenvalue weighted by Gasteiger charge is 2.15. The highest BCUT2D eigenvalue weighted by molar-refractivity contribution is 7.99. The van der Waals surface area contributed by atoms with Crippen molar-refractivity contribution in [1.29, 1.82) is 0 Å². The van der Waals surface area contributed by atoms with Crippen LogP contribution >= 0.6 is 23.1 Å². The first kappa shape index (κ1) is 15.1. The largest absolute Gasteiger partial charge is 0.370 e. The molecule has 2 aromatic rings. The summed E-state index contributed by atoms with van der Waals surface area (Å²) >= 11 is 2.94. The molecule has 0 aliphatic heterocycles. The van der Waals surface area contributed by atoms with E-state index >= 15 is 0 Å². The Bertz CT molecular complexity index is 718. The van der Waals surface area contributed by atoms with Crippen molar-refractivity contribution in [2.45, 2.75) is 38.9 Å². The molecule has 2 rings (SSSR count). The average Bonchev–Trinajstić information content (AvgIpc) is 2.65. The first-order chi connectivity index (χ1) is 9.45. The average molecular weight is 311 g/mol. The van der Waals surface area contributed by atoms with Gasteiger partial charge in [0, 0.05) is 23.6 Å². The number of rotatable bonds is 5. The summed E-state index contributed by atoms with van der Waals surface area (Å²) in [6.07, 6.45) is 0.283. The van der Waals surface area contributed by atoms with Crippen LogP contribution in [0.2, 0.25) is 0 Å². The maximum absolute atomic E-state index is 12.5. The van der Waals surface area contributed by atoms with E-state index in [0.717, 1.165) is 15.3 Å². The number of thiophene rings is 1. The minimum atomic E-state index is -0.341. The standard InChI is InChI=1S/C13H17N3O2S2/c1-4-16-12(18)10-7(2)8(3)20-11(10)15-13(16)19-6-5-9(14)17/h4-6H2,1-3H3,(H2,14,17). The molecular formula is C13H17N3O2S2. The Hall–Kier alpha value is -1.34. The molecule has 5 nitrogen and oxygen atoms in total. The van der Waals surface area contributed by atoms with Crippen molar-refractivity contribution in [2.24, 2.45) is 5.73 Å². The number of hydrogen-bond donors (Lipinski definition) is 1. The van der Waals surface area contributed by atoms with Gasteiger partial charge in [-0.1, -0.05) is 11.8 Å². The Morgan fingerprint density at radius 2 is 2.15 bits per heavy atom. The van der Waals surface area contributed by atoms with Gasteiger partial charge in [0.15, 0.2) is 5.16 Å². The molecule has 0 atom stereocenters. The van der Waals surface area contributed by atoms with E-state index < -0.39 is 0 Å². The second kappa shape index (κ2) is 5.97.